The first-order valence-electron chi connectivity index (χ1n) is 10.5. The summed E-state index contributed by atoms with van der Waals surface area (Å²) in [5.41, 5.74) is 3.73. The van der Waals surface area contributed by atoms with Gasteiger partial charge in [0.15, 0.2) is 0 Å². The maximum absolute atomic E-state index is 5.88. The minimum Gasteiger partial charge on any atom is -0.494 e. The largest absolute Gasteiger partial charge is 0.494 e. The van der Waals surface area contributed by atoms with Gasteiger partial charge in [-0.1, -0.05) is 36.4 Å². The lowest BCUT2D eigenvalue weighted by Crippen LogP contribution is -2.45. The average Bonchev–Trinajstić information content (AvgIpc) is 2.78. The highest BCUT2D eigenvalue weighted by molar-refractivity contribution is 5.85. The molecule has 168 valence electrons. The van der Waals surface area contributed by atoms with Crippen LogP contribution in [0.4, 0.5) is 0 Å². The molecule has 2 aliphatic rings. The first-order valence-corrected chi connectivity index (χ1v) is 10.5. The van der Waals surface area contributed by atoms with E-state index in [4.69, 9.17) is 9.47 Å². The summed E-state index contributed by atoms with van der Waals surface area (Å²) >= 11 is 0. The number of nitrogens with zero attached hydrogens (tertiary/aromatic N) is 2. The highest BCUT2D eigenvalue weighted by Crippen LogP contribution is 2.27. The zero-order chi connectivity index (χ0) is 19.9. The quantitative estimate of drug-likeness (QED) is 0.521. The fourth-order valence-electron chi connectivity index (χ4n) is 3.90. The summed E-state index contributed by atoms with van der Waals surface area (Å²) in [5.74, 6) is 1.94. The molecule has 0 bridgehead atoms. The fraction of sp³-hybridized carbons (Fsp3) is 0.360. The van der Waals surface area contributed by atoms with Gasteiger partial charge < -0.3 is 14.4 Å². The lowest BCUT2D eigenvalue weighted by atomic mass is 10.1. The molecule has 4 nitrogen and oxygen atoms in total. The van der Waals surface area contributed by atoms with Gasteiger partial charge in [0, 0.05) is 44.0 Å². The Bertz CT molecular complexity index is 863. The monoisotopic (exact) mass is 462 g/mol. The Kier molecular flexibility index (Phi) is 10.3. The van der Waals surface area contributed by atoms with E-state index in [2.05, 4.69) is 41.0 Å². The van der Waals surface area contributed by atoms with Crippen molar-refractivity contribution in [2.45, 2.75) is 13.3 Å². The van der Waals surface area contributed by atoms with Crippen molar-refractivity contribution in [2.75, 3.05) is 45.9 Å². The molecular weight excluding hydrogens is 431 g/mol. The van der Waals surface area contributed by atoms with Crippen LogP contribution in [0, 0.1) is 0 Å². The van der Waals surface area contributed by atoms with Gasteiger partial charge in [-0.25, -0.2) is 0 Å². The van der Waals surface area contributed by atoms with E-state index in [1.165, 1.54) is 16.8 Å². The van der Waals surface area contributed by atoms with Crippen molar-refractivity contribution < 1.29 is 9.47 Å². The van der Waals surface area contributed by atoms with Crippen molar-refractivity contribution in [1.29, 1.82) is 0 Å². The van der Waals surface area contributed by atoms with Gasteiger partial charge in [-0.15, -0.1) is 24.8 Å². The van der Waals surface area contributed by atoms with Crippen molar-refractivity contribution in [3.8, 4) is 11.5 Å². The van der Waals surface area contributed by atoms with Gasteiger partial charge in [0.1, 0.15) is 18.1 Å². The molecule has 2 aromatic carbocycles. The Morgan fingerprint density at radius 3 is 2.45 bits per heavy atom. The summed E-state index contributed by atoms with van der Waals surface area (Å²) < 4.78 is 11.7. The number of hydrogen-bond acceptors (Lipinski definition) is 4. The molecule has 0 radical (unpaired) electrons. The Labute approximate surface area is 198 Å². The van der Waals surface area contributed by atoms with Crippen molar-refractivity contribution >= 4 is 30.9 Å². The zero-order valence-electron chi connectivity index (χ0n) is 18.0. The van der Waals surface area contributed by atoms with E-state index in [0.717, 1.165) is 57.3 Å². The summed E-state index contributed by atoms with van der Waals surface area (Å²) in [4.78, 5) is 5.02. The van der Waals surface area contributed by atoms with E-state index in [1.54, 1.807) is 0 Å². The highest BCUT2D eigenvalue weighted by Gasteiger charge is 2.17. The lowest BCUT2D eigenvalue weighted by molar-refractivity contribution is 0.149. The van der Waals surface area contributed by atoms with Gasteiger partial charge >= 0.3 is 0 Å². The average molecular weight is 463 g/mol. The molecule has 2 heterocycles. The second kappa shape index (κ2) is 12.7. The maximum Gasteiger partial charge on any atom is 0.127 e. The molecule has 2 aromatic rings. The smallest absolute Gasteiger partial charge is 0.127 e. The third-order valence-corrected chi connectivity index (χ3v) is 5.55. The summed E-state index contributed by atoms with van der Waals surface area (Å²) in [7, 11) is 0. The number of rotatable bonds is 7. The van der Waals surface area contributed by atoms with Gasteiger partial charge in [-0.3, -0.25) is 4.90 Å². The summed E-state index contributed by atoms with van der Waals surface area (Å²) in [6.07, 6.45) is 5.58. The number of benzene rings is 2. The van der Waals surface area contributed by atoms with Crippen LogP contribution in [0.5, 0.6) is 11.5 Å². The first kappa shape index (κ1) is 25.1. The van der Waals surface area contributed by atoms with Gasteiger partial charge in [0.2, 0.25) is 0 Å². The molecule has 31 heavy (non-hydrogen) atoms. The number of piperazine rings is 1. The van der Waals surface area contributed by atoms with Crippen molar-refractivity contribution in [2.24, 2.45) is 0 Å². The van der Waals surface area contributed by atoms with Crippen LogP contribution in [-0.2, 0) is 0 Å². The molecule has 0 spiro atoms. The Morgan fingerprint density at radius 1 is 0.968 bits per heavy atom. The number of hydrogen-bond donors (Lipinski definition) is 0. The van der Waals surface area contributed by atoms with Gasteiger partial charge in [0.25, 0.3) is 0 Å². The molecule has 0 saturated carbocycles. The van der Waals surface area contributed by atoms with Crippen LogP contribution < -0.4 is 9.47 Å². The third-order valence-electron chi connectivity index (χ3n) is 5.55. The second-order valence-corrected chi connectivity index (χ2v) is 7.68. The van der Waals surface area contributed by atoms with Crippen LogP contribution >= 0.6 is 24.8 Å². The zero-order valence-corrected chi connectivity index (χ0v) is 19.7. The standard InChI is InChI=1S/C25H30N2O2.2ClH/c1-21(18-22-19-23-8-5-6-11-25(23)29-20-22)27-15-13-26(14-16-27)12-7-17-28-24-9-3-2-4-10-24;;/h2-6,8-11,18-19H,7,12-17,20H2,1H3;2*1H/b21-18+;;. The summed E-state index contributed by atoms with van der Waals surface area (Å²) in [5, 5.41) is 0. The summed E-state index contributed by atoms with van der Waals surface area (Å²) in [6, 6.07) is 18.3. The van der Waals surface area contributed by atoms with Crippen LogP contribution in [0.3, 0.4) is 0 Å². The van der Waals surface area contributed by atoms with Gasteiger partial charge in [0.05, 0.1) is 6.61 Å². The van der Waals surface area contributed by atoms with Crippen LogP contribution in [0.25, 0.3) is 6.08 Å². The number of para-hydroxylation sites is 2. The molecule has 2 aliphatic heterocycles. The van der Waals surface area contributed by atoms with Crippen LogP contribution in [0.15, 0.2) is 71.9 Å². The predicted molar refractivity (Wildman–Crippen MR) is 133 cm³/mol. The molecule has 1 fully saturated rings. The third kappa shape index (κ3) is 7.20. The topological polar surface area (TPSA) is 24.9 Å². The van der Waals surface area contributed by atoms with Gasteiger partial charge in [-0.2, -0.15) is 0 Å². The molecular formula is C25H32Cl2N2O2. The predicted octanol–water partition coefficient (Wildman–Crippen LogP) is 5.30. The lowest BCUT2D eigenvalue weighted by Gasteiger charge is -2.36. The molecule has 0 aliphatic carbocycles. The SMILES string of the molecule is C/C(=C\C1=Cc2ccccc2OC1)N1CCN(CCCOc2ccccc2)CC1.Cl.Cl. The maximum atomic E-state index is 5.88. The van der Waals surface area contributed by atoms with Crippen LogP contribution in [0.1, 0.15) is 18.9 Å². The van der Waals surface area contributed by atoms with E-state index in [-0.39, 0.29) is 24.8 Å². The van der Waals surface area contributed by atoms with Crippen LogP contribution in [0.2, 0.25) is 0 Å². The Hall–Kier alpha value is -2.14. The number of halogens is 2. The van der Waals surface area contributed by atoms with E-state index in [0.29, 0.717) is 6.61 Å². The van der Waals surface area contributed by atoms with E-state index in [9.17, 15) is 0 Å². The highest BCUT2D eigenvalue weighted by atomic mass is 35.5. The molecule has 0 amide bonds. The normalized spacial score (nSPS) is 16.2. The molecule has 0 atom stereocenters. The molecule has 0 unspecified atom stereocenters. The molecule has 6 heteroatoms. The summed E-state index contributed by atoms with van der Waals surface area (Å²) in [6.45, 7) is 9.10. The minimum atomic E-state index is 0. The minimum absolute atomic E-state index is 0. The molecule has 0 N–H and O–H groups in total. The molecule has 1 saturated heterocycles. The van der Waals surface area contributed by atoms with Crippen molar-refractivity contribution in [1.82, 2.24) is 9.80 Å². The van der Waals surface area contributed by atoms with E-state index in [1.807, 2.05) is 42.5 Å². The first-order chi connectivity index (χ1) is 14.3. The number of ether oxygens (including phenoxy) is 2. The number of fused-ring (bicyclic) bond motifs is 1. The Balaban J connectivity index is 0.00000171. The fourth-order valence-corrected chi connectivity index (χ4v) is 3.90. The van der Waals surface area contributed by atoms with E-state index < -0.39 is 0 Å². The second-order valence-electron chi connectivity index (χ2n) is 7.68. The Morgan fingerprint density at radius 2 is 1.68 bits per heavy atom. The molecule has 4 rings (SSSR count). The van der Waals surface area contributed by atoms with Gasteiger partial charge in [-0.05, 0) is 49.3 Å². The van der Waals surface area contributed by atoms with Crippen molar-refractivity contribution in [3.63, 3.8) is 0 Å². The number of allylic oxidation sites excluding steroid dienone is 1. The molecule has 0 aromatic heterocycles. The van der Waals surface area contributed by atoms with E-state index >= 15 is 0 Å². The van der Waals surface area contributed by atoms with Crippen LogP contribution in [-0.4, -0.2) is 55.7 Å². The van der Waals surface area contributed by atoms with Crippen molar-refractivity contribution in [3.05, 3.63) is 77.5 Å².